The Morgan fingerprint density at radius 3 is 2.93 bits per heavy atom. The molecular weight excluding hydrogens is 180 g/mol. The Morgan fingerprint density at radius 2 is 2.27 bits per heavy atom. The van der Waals surface area contributed by atoms with E-state index in [-0.39, 0.29) is 6.53 Å². The van der Waals surface area contributed by atoms with Gasteiger partial charge in [0.2, 0.25) is 0 Å². The van der Waals surface area contributed by atoms with Crippen LogP contribution in [0.5, 0.6) is 0 Å². The van der Waals surface area contributed by atoms with Crippen LogP contribution < -0.4 is 0 Å². The zero-order valence-electron chi connectivity index (χ0n) is 12.3. The van der Waals surface area contributed by atoms with Crippen LogP contribution in [-0.2, 0) is 0 Å². The SMILES string of the molecule is [2H]C([2H])=C1CC/C=C(/C)CC[C@@H]2[C@@H]1CC2(C)C. The summed E-state index contributed by atoms with van der Waals surface area (Å²) in [5.41, 5.74) is 3.01. The molecule has 15 heavy (non-hydrogen) atoms. The van der Waals surface area contributed by atoms with Gasteiger partial charge in [-0.3, -0.25) is 0 Å². The lowest BCUT2D eigenvalue weighted by molar-refractivity contribution is 0.00384. The van der Waals surface area contributed by atoms with Gasteiger partial charge in [-0.05, 0) is 56.3 Å². The molecule has 2 atom stereocenters. The molecule has 0 aromatic carbocycles. The van der Waals surface area contributed by atoms with Gasteiger partial charge in [-0.2, -0.15) is 0 Å². The van der Waals surface area contributed by atoms with Gasteiger partial charge in [0.05, 0.1) is 2.74 Å². The quantitative estimate of drug-likeness (QED) is 0.503. The third kappa shape index (κ3) is 2.04. The Labute approximate surface area is 97.3 Å². The Morgan fingerprint density at radius 1 is 1.47 bits per heavy atom. The van der Waals surface area contributed by atoms with Crippen LogP contribution in [0.25, 0.3) is 0 Å². The third-order valence-corrected chi connectivity index (χ3v) is 4.44. The molecule has 0 heterocycles. The first kappa shape index (κ1) is 8.61. The van der Waals surface area contributed by atoms with E-state index in [0.29, 0.717) is 17.3 Å². The van der Waals surface area contributed by atoms with Crippen LogP contribution >= 0.6 is 0 Å². The van der Waals surface area contributed by atoms with E-state index in [9.17, 15) is 0 Å². The number of rotatable bonds is 0. The summed E-state index contributed by atoms with van der Waals surface area (Å²) in [4.78, 5) is 0. The predicted molar refractivity (Wildman–Crippen MR) is 66.7 cm³/mol. The average Bonchev–Trinajstić information content (AvgIpc) is 2.26. The predicted octanol–water partition coefficient (Wildman–Crippen LogP) is 4.73. The minimum atomic E-state index is 0.0865. The standard InChI is InChI=1S/C15H24/c1-11-6-5-7-12(2)13-10-15(3,4)14(13)9-8-11/h6,13-14H,2,5,7-10H2,1,3-4H3/b11-6-/t13-,14-/m1/s1/i2D2. The molecule has 0 aromatic rings. The third-order valence-electron chi connectivity index (χ3n) is 4.44. The lowest BCUT2D eigenvalue weighted by Gasteiger charge is -2.53. The van der Waals surface area contributed by atoms with Crippen LogP contribution in [-0.4, -0.2) is 0 Å². The minimum absolute atomic E-state index is 0.0865. The molecule has 1 saturated carbocycles. The van der Waals surface area contributed by atoms with Crippen molar-refractivity contribution in [3.8, 4) is 0 Å². The average molecular weight is 206 g/mol. The molecular formula is C15H24. The Balaban J connectivity index is 2.24. The summed E-state index contributed by atoms with van der Waals surface area (Å²) < 4.78 is 15.3. The monoisotopic (exact) mass is 206 g/mol. The highest BCUT2D eigenvalue weighted by atomic mass is 14.5. The highest BCUT2D eigenvalue weighted by molar-refractivity contribution is 5.16. The number of allylic oxidation sites excluding steroid dienone is 3. The van der Waals surface area contributed by atoms with Gasteiger partial charge in [0, 0.05) is 0 Å². The maximum absolute atomic E-state index is 7.67. The largest absolute Gasteiger partial charge is 0.0996 e. The number of fused-ring (bicyclic) bond motifs is 1. The first-order valence-electron chi connectivity index (χ1n) is 7.23. The van der Waals surface area contributed by atoms with Gasteiger partial charge in [-0.25, -0.2) is 0 Å². The summed E-state index contributed by atoms with van der Waals surface area (Å²) in [6.45, 7) is 6.99. The molecule has 84 valence electrons. The summed E-state index contributed by atoms with van der Waals surface area (Å²) in [6, 6.07) is 0. The van der Waals surface area contributed by atoms with E-state index in [1.54, 1.807) is 0 Å². The van der Waals surface area contributed by atoms with Crippen molar-refractivity contribution in [1.29, 1.82) is 0 Å². The second-order valence-electron chi connectivity index (χ2n) is 6.06. The van der Waals surface area contributed by atoms with E-state index in [1.807, 2.05) is 0 Å². The van der Waals surface area contributed by atoms with Crippen LogP contribution in [0.15, 0.2) is 23.8 Å². The number of hydrogen-bond donors (Lipinski definition) is 0. The van der Waals surface area contributed by atoms with Crippen molar-refractivity contribution in [1.82, 2.24) is 0 Å². The van der Waals surface area contributed by atoms with Gasteiger partial charge in [0.25, 0.3) is 0 Å². The fraction of sp³-hybridized carbons (Fsp3) is 0.733. The van der Waals surface area contributed by atoms with E-state index >= 15 is 0 Å². The Hall–Kier alpha value is -0.520. The van der Waals surface area contributed by atoms with Crippen LogP contribution in [0, 0.1) is 17.3 Å². The van der Waals surface area contributed by atoms with Crippen LogP contribution in [0.2, 0.25) is 0 Å². The molecule has 0 aliphatic heterocycles. The van der Waals surface area contributed by atoms with Crippen molar-refractivity contribution in [3.63, 3.8) is 0 Å². The molecule has 0 radical (unpaired) electrons. The van der Waals surface area contributed by atoms with Gasteiger partial charge in [-0.1, -0.05) is 37.6 Å². The maximum Gasteiger partial charge on any atom is 0.0537 e. The molecule has 0 N–H and O–H groups in total. The highest BCUT2D eigenvalue weighted by Gasteiger charge is 2.47. The van der Waals surface area contributed by atoms with E-state index in [2.05, 4.69) is 26.8 Å². The van der Waals surface area contributed by atoms with Gasteiger partial charge >= 0.3 is 0 Å². The van der Waals surface area contributed by atoms with Gasteiger partial charge < -0.3 is 0 Å². The van der Waals surface area contributed by atoms with E-state index in [1.165, 1.54) is 24.8 Å². The molecule has 0 amide bonds. The molecule has 1 fully saturated rings. The molecule has 0 aromatic heterocycles. The van der Waals surface area contributed by atoms with E-state index in [4.69, 9.17) is 2.74 Å². The molecule has 0 heteroatoms. The first-order chi connectivity index (χ1) is 7.92. The van der Waals surface area contributed by atoms with Crippen molar-refractivity contribution in [2.45, 2.75) is 52.9 Å². The van der Waals surface area contributed by atoms with Crippen LogP contribution in [0.3, 0.4) is 0 Å². The topological polar surface area (TPSA) is 0 Å². The van der Waals surface area contributed by atoms with Crippen molar-refractivity contribution < 1.29 is 2.74 Å². The normalized spacial score (nSPS) is 40.5. The summed E-state index contributed by atoms with van der Waals surface area (Å²) in [5, 5.41) is 0. The summed E-state index contributed by atoms with van der Waals surface area (Å²) >= 11 is 0. The molecule has 2 aliphatic rings. The first-order valence-corrected chi connectivity index (χ1v) is 6.23. The van der Waals surface area contributed by atoms with Gasteiger partial charge in [0.1, 0.15) is 0 Å². The molecule has 0 spiro atoms. The summed E-state index contributed by atoms with van der Waals surface area (Å²) in [6.07, 6.45) is 7.86. The second kappa shape index (κ2) is 3.81. The van der Waals surface area contributed by atoms with Crippen LogP contribution in [0.4, 0.5) is 0 Å². The zero-order chi connectivity index (χ0) is 12.6. The molecule has 2 aliphatic carbocycles. The van der Waals surface area contributed by atoms with Gasteiger partial charge in [0.15, 0.2) is 0 Å². The summed E-state index contributed by atoms with van der Waals surface area (Å²) in [5.74, 6) is 1.21. The maximum atomic E-state index is 7.67. The fourth-order valence-corrected chi connectivity index (χ4v) is 3.35. The van der Waals surface area contributed by atoms with E-state index < -0.39 is 0 Å². The van der Waals surface area contributed by atoms with Crippen molar-refractivity contribution in [2.75, 3.05) is 0 Å². The van der Waals surface area contributed by atoms with E-state index in [0.717, 1.165) is 18.4 Å². The van der Waals surface area contributed by atoms with Crippen molar-refractivity contribution in [2.24, 2.45) is 17.3 Å². The number of hydrogen-bond acceptors (Lipinski definition) is 0. The van der Waals surface area contributed by atoms with Crippen molar-refractivity contribution in [3.05, 3.63) is 23.8 Å². The fourth-order valence-electron chi connectivity index (χ4n) is 3.35. The lowest BCUT2D eigenvalue weighted by Crippen LogP contribution is -2.44. The Kier molecular flexibility index (Phi) is 2.19. The molecule has 0 nitrogen and oxygen atoms in total. The second-order valence-corrected chi connectivity index (χ2v) is 6.06. The minimum Gasteiger partial charge on any atom is -0.0996 e. The highest BCUT2D eigenvalue weighted by Crippen LogP contribution is 2.56. The van der Waals surface area contributed by atoms with Gasteiger partial charge in [-0.15, -0.1) is 0 Å². The van der Waals surface area contributed by atoms with Crippen molar-refractivity contribution >= 4 is 0 Å². The molecule has 0 bridgehead atoms. The summed E-state index contributed by atoms with van der Waals surface area (Å²) in [7, 11) is 0. The zero-order valence-corrected chi connectivity index (χ0v) is 10.3. The molecule has 2 rings (SSSR count). The van der Waals surface area contributed by atoms with Crippen LogP contribution in [0.1, 0.15) is 55.6 Å². The Bertz CT molecular complexity index is 359. The molecule has 0 unspecified atom stereocenters. The molecule has 0 saturated heterocycles. The lowest BCUT2D eigenvalue weighted by atomic mass is 9.52. The smallest absolute Gasteiger partial charge is 0.0537 e.